The van der Waals surface area contributed by atoms with E-state index in [1.54, 1.807) is 29.2 Å². The molecule has 334 valence electrons. The number of alkyl halides is 9. The molecule has 0 aliphatic carbocycles. The Labute approximate surface area is 336 Å². The molecule has 61 heavy (non-hydrogen) atoms. The molecular formula is C35H34F9N5O12. The first-order valence-corrected chi connectivity index (χ1v) is 17.0. The van der Waals surface area contributed by atoms with Crippen molar-refractivity contribution >= 4 is 52.6 Å². The fourth-order valence-electron chi connectivity index (χ4n) is 5.48. The Hall–Kier alpha value is -6.57. The highest BCUT2D eigenvalue weighted by molar-refractivity contribution is 6.22. The van der Waals surface area contributed by atoms with Crippen LogP contribution in [0.2, 0.25) is 0 Å². The van der Waals surface area contributed by atoms with E-state index >= 15 is 0 Å². The average molecular weight is 888 g/mol. The number of nitrogens with zero attached hydrogens (tertiary/aromatic N) is 3. The molecule has 0 radical (unpaired) electrons. The van der Waals surface area contributed by atoms with Gasteiger partial charge in [-0.3, -0.25) is 34.9 Å². The van der Waals surface area contributed by atoms with Gasteiger partial charge in [-0.15, -0.1) is 0 Å². The fourth-order valence-corrected chi connectivity index (χ4v) is 5.48. The second-order valence-electron chi connectivity index (χ2n) is 12.4. The summed E-state index contributed by atoms with van der Waals surface area (Å²) in [6.07, 6.45) is -14.6. The van der Waals surface area contributed by atoms with Gasteiger partial charge in [-0.1, -0.05) is 30.3 Å². The maximum absolute atomic E-state index is 13.4. The highest BCUT2D eigenvalue weighted by Crippen LogP contribution is 2.34. The first-order valence-electron chi connectivity index (χ1n) is 17.0. The minimum absolute atomic E-state index is 0.0858. The topological polar surface area (TPSA) is 253 Å². The van der Waals surface area contributed by atoms with E-state index in [0.717, 1.165) is 22.2 Å². The van der Waals surface area contributed by atoms with Crippen molar-refractivity contribution < 1.29 is 98.2 Å². The summed E-state index contributed by atoms with van der Waals surface area (Å²) < 4.78 is 101. The van der Waals surface area contributed by atoms with Crippen molar-refractivity contribution in [2.45, 2.75) is 50.4 Å². The van der Waals surface area contributed by atoms with Gasteiger partial charge < -0.3 is 30.1 Å². The summed E-state index contributed by atoms with van der Waals surface area (Å²) in [5.74, 6) is -9.95. The number of aromatic nitrogens is 1. The lowest BCUT2D eigenvalue weighted by Crippen LogP contribution is -2.72. The highest BCUT2D eigenvalue weighted by Gasteiger charge is 2.56. The predicted molar refractivity (Wildman–Crippen MR) is 187 cm³/mol. The van der Waals surface area contributed by atoms with Crippen molar-refractivity contribution in [2.24, 2.45) is 0 Å². The summed E-state index contributed by atoms with van der Waals surface area (Å²) in [5, 5.41) is 35.8. The molecule has 0 spiro atoms. The Balaban J connectivity index is 0.000000502. The van der Waals surface area contributed by atoms with Gasteiger partial charge in [0.25, 0.3) is 11.8 Å². The number of imide groups is 2. The number of hydrogen-bond acceptors (Lipinski definition) is 11. The van der Waals surface area contributed by atoms with Gasteiger partial charge in [0.15, 0.2) is 0 Å². The number of halogens is 9. The Morgan fingerprint density at radius 1 is 0.738 bits per heavy atom. The van der Waals surface area contributed by atoms with Crippen molar-refractivity contribution in [3.05, 3.63) is 71.4 Å². The number of carboxylic acid groups (broad SMARTS) is 4. The van der Waals surface area contributed by atoms with Crippen molar-refractivity contribution in [3.8, 4) is 5.75 Å². The molecule has 1 aromatic heterocycles. The van der Waals surface area contributed by atoms with Gasteiger partial charge in [0.2, 0.25) is 5.54 Å². The summed E-state index contributed by atoms with van der Waals surface area (Å²) >= 11 is 0. The molecule has 17 nitrogen and oxygen atoms in total. The minimum Gasteiger partial charge on any atom is -0.489 e. The lowest BCUT2D eigenvalue weighted by Gasteiger charge is -2.46. The SMILES string of the molecule is Cc1cc(COc2ccc(C3(N4CCN(CCCC(=O)O)CC4)C(=O)NC(=O)NC3=O)cc2)c2ccccc2n1.O=C(O)C(F)(F)F.O=C(O)C(F)(F)F.O=C(O)C(F)(F)F. The maximum atomic E-state index is 13.4. The lowest BCUT2D eigenvalue weighted by atomic mass is 9.84. The molecule has 0 atom stereocenters. The smallest absolute Gasteiger partial charge is 0.489 e. The number of rotatable bonds is 9. The Kier molecular flexibility index (Phi) is 17.5. The van der Waals surface area contributed by atoms with Gasteiger partial charge in [-0.05, 0) is 49.7 Å². The molecule has 2 aliphatic rings. The number of hydrogen-bond donors (Lipinski definition) is 6. The van der Waals surface area contributed by atoms with Crippen LogP contribution in [0.3, 0.4) is 0 Å². The Morgan fingerprint density at radius 3 is 1.64 bits per heavy atom. The monoisotopic (exact) mass is 887 g/mol. The van der Waals surface area contributed by atoms with Crippen LogP contribution in [-0.2, 0) is 40.9 Å². The molecular weight excluding hydrogens is 853 g/mol. The number of urea groups is 1. The van der Waals surface area contributed by atoms with E-state index in [2.05, 4.69) is 20.5 Å². The van der Waals surface area contributed by atoms with Crippen LogP contribution in [-0.4, -0.2) is 128 Å². The molecule has 2 aliphatic heterocycles. The van der Waals surface area contributed by atoms with E-state index in [1.165, 1.54) is 0 Å². The Morgan fingerprint density at radius 2 is 1.20 bits per heavy atom. The number of ether oxygens (including phenoxy) is 1. The molecule has 6 N–H and O–H groups in total. The highest BCUT2D eigenvalue weighted by atomic mass is 19.4. The van der Waals surface area contributed by atoms with E-state index in [4.69, 9.17) is 39.5 Å². The first-order chi connectivity index (χ1) is 28.1. The number of para-hydroxylation sites is 1. The zero-order chi connectivity index (χ0) is 46.5. The minimum atomic E-state index is -5.08. The van der Waals surface area contributed by atoms with Crippen LogP contribution in [0.25, 0.3) is 10.9 Å². The van der Waals surface area contributed by atoms with Crippen molar-refractivity contribution in [3.63, 3.8) is 0 Å². The van der Waals surface area contributed by atoms with E-state index in [1.807, 2.05) is 37.3 Å². The summed E-state index contributed by atoms with van der Waals surface area (Å²) in [5.41, 5.74) is 1.48. The van der Waals surface area contributed by atoms with Crippen LogP contribution in [0.15, 0.2) is 54.6 Å². The Bertz CT molecular complexity index is 1990. The van der Waals surface area contributed by atoms with Crippen LogP contribution < -0.4 is 15.4 Å². The molecule has 4 amide bonds. The van der Waals surface area contributed by atoms with Crippen molar-refractivity contribution in [2.75, 3.05) is 32.7 Å². The van der Waals surface area contributed by atoms with Crippen LogP contribution in [0, 0.1) is 6.92 Å². The largest absolute Gasteiger partial charge is 0.490 e. The number of benzene rings is 2. The third kappa shape index (κ3) is 14.9. The lowest BCUT2D eigenvalue weighted by molar-refractivity contribution is -0.193. The van der Waals surface area contributed by atoms with Gasteiger partial charge >= 0.3 is 48.4 Å². The molecule has 3 heterocycles. The second kappa shape index (κ2) is 21.1. The summed E-state index contributed by atoms with van der Waals surface area (Å²) in [4.78, 5) is 84.7. The van der Waals surface area contributed by atoms with E-state index in [9.17, 15) is 58.7 Å². The van der Waals surface area contributed by atoms with Gasteiger partial charge in [-0.25, -0.2) is 19.2 Å². The van der Waals surface area contributed by atoms with Crippen LogP contribution in [0.1, 0.15) is 29.7 Å². The van der Waals surface area contributed by atoms with E-state index < -0.39 is 65.8 Å². The molecule has 5 rings (SSSR count). The van der Waals surface area contributed by atoms with Gasteiger partial charge in [0, 0.05) is 49.2 Å². The fraction of sp³-hybridized carbons (Fsp3) is 0.371. The quantitative estimate of drug-likeness (QED) is 0.131. The van der Waals surface area contributed by atoms with Gasteiger partial charge in [0.1, 0.15) is 12.4 Å². The number of pyridine rings is 1. The predicted octanol–water partition coefficient (Wildman–Crippen LogP) is 4.07. The van der Waals surface area contributed by atoms with Crippen molar-refractivity contribution in [1.29, 1.82) is 0 Å². The number of fused-ring (bicyclic) bond motifs is 1. The molecule has 0 bridgehead atoms. The number of nitrogens with one attached hydrogen (secondary N) is 2. The summed E-state index contributed by atoms with van der Waals surface area (Å²) in [7, 11) is 0. The van der Waals surface area contributed by atoms with E-state index in [0.29, 0.717) is 57.1 Å². The third-order valence-corrected chi connectivity index (χ3v) is 8.15. The molecule has 2 fully saturated rings. The van der Waals surface area contributed by atoms with Gasteiger partial charge in [0.05, 0.1) is 5.52 Å². The number of aryl methyl sites for hydroxylation is 1. The average Bonchev–Trinajstić information content (AvgIpc) is 3.14. The number of amides is 4. The number of aliphatic carboxylic acids is 4. The van der Waals surface area contributed by atoms with Crippen molar-refractivity contribution in [1.82, 2.24) is 25.4 Å². The first kappa shape index (κ1) is 50.6. The molecule has 0 unspecified atom stereocenters. The van der Waals surface area contributed by atoms with Gasteiger partial charge in [-0.2, -0.15) is 39.5 Å². The van der Waals surface area contributed by atoms with E-state index in [-0.39, 0.29) is 6.42 Å². The summed E-state index contributed by atoms with van der Waals surface area (Å²) in [6.45, 7) is 4.73. The normalized spacial score (nSPS) is 15.6. The van der Waals surface area contributed by atoms with Crippen LogP contribution in [0.4, 0.5) is 44.3 Å². The third-order valence-electron chi connectivity index (χ3n) is 8.15. The molecule has 0 saturated carbocycles. The maximum Gasteiger partial charge on any atom is 0.490 e. The van der Waals surface area contributed by atoms with Crippen LogP contribution >= 0.6 is 0 Å². The molecule has 26 heteroatoms. The number of carbonyl (C=O) groups excluding carboxylic acids is 3. The zero-order valence-corrected chi connectivity index (χ0v) is 31.2. The second-order valence-corrected chi connectivity index (χ2v) is 12.4. The zero-order valence-electron chi connectivity index (χ0n) is 31.2. The summed E-state index contributed by atoms with van der Waals surface area (Å²) in [6, 6.07) is 15.8. The number of carboxylic acids is 4. The molecule has 2 aromatic carbocycles. The molecule has 2 saturated heterocycles. The number of barbiturate groups is 1. The van der Waals surface area contributed by atoms with Crippen LogP contribution in [0.5, 0.6) is 5.75 Å². The number of piperazine rings is 1. The molecule has 3 aromatic rings. The standard InChI is InChI=1S/C29H31N5O6.3C2HF3O2/c1-19-17-20(23-5-2-3-6-24(23)30-19)18-40-22-10-8-21(9-11-22)29(26(37)31-28(39)32-27(29)38)34-15-13-33(14-16-34)12-4-7-25(35)36;3*3-2(4,5)1(6)7/h2-3,5-6,8-11,17H,4,7,12-16,18H2,1H3,(H,35,36)(H2,31,32,37,38,39);3*(H,6,7). The number of carbonyl (C=O) groups is 7.